The molecule has 1 heterocycles. The summed E-state index contributed by atoms with van der Waals surface area (Å²) < 4.78 is 0.841. The van der Waals surface area contributed by atoms with Crippen LogP contribution in [0.1, 0.15) is 43.0 Å². The molecule has 0 aliphatic heterocycles. The number of hydrogen-bond acceptors (Lipinski definition) is 3. The van der Waals surface area contributed by atoms with E-state index in [9.17, 15) is 0 Å². The summed E-state index contributed by atoms with van der Waals surface area (Å²) in [7, 11) is 0. The van der Waals surface area contributed by atoms with Crippen molar-refractivity contribution in [1.82, 2.24) is 0 Å². The van der Waals surface area contributed by atoms with E-state index in [2.05, 4.69) is 6.07 Å². The maximum atomic E-state index is 6.16. The molecule has 1 aliphatic rings. The highest BCUT2D eigenvalue weighted by Gasteiger charge is 2.16. The molecule has 1 saturated carbocycles. The fourth-order valence-electron chi connectivity index (χ4n) is 2.08. The minimum absolute atomic E-state index is 0.157. The minimum Gasteiger partial charge on any atom is -0.323 e. The van der Waals surface area contributed by atoms with Crippen molar-refractivity contribution in [3.05, 3.63) is 21.3 Å². The van der Waals surface area contributed by atoms with Gasteiger partial charge < -0.3 is 5.73 Å². The van der Waals surface area contributed by atoms with E-state index < -0.39 is 0 Å². The van der Waals surface area contributed by atoms with Crippen LogP contribution in [0, 0.1) is 0 Å². The third-order valence-corrected chi connectivity index (χ3v) is 5.88. The van der Waals surface area contributed by atoms with Crippen molar-refractivity contribution in [2.24, 2.45) is 5.73 Å². The van der Waals surface area contributed by atoms with Gasteiger partial charge in [-0.2, -0.15) is 11.8 Å². The fraction of sp³-hybridized carbons (Fsp3) is 0.667. The van der Waals surface area contributed by atoms with Crippen LogP contribution < -0.4 is 5.73 Å². The molecule has 0 aromatic carbocycles. The van der Waals surface area contributed by atoms with Crippen LogP contribution in [-0.2, 0) is 0 Å². The molecule has 0 radical (unpaired) electrons. The molecule has 1 aromatic rings. The SMILES string of the molecule is NC(CSC1CCCCC1)c1ccc(Cl)s1. The Morgan fingerprint density at radius 3 is 2.75 bits per heavy atom. The molecule has 1 aromatic heterocycles. The molecule has 0 spiro atoms. The molecule has 90 valence electrons. The molecule has 1 aliphatic carbocycles. The van der Waals surface area contributed by atoms with Gasteiger partial charge in [-0.1, -0.05) is 30.9 Å². The molecule has 2 N–H and O–H groups in total. The summed E-state index contributed by atoms with van der Waals surface area (Å²) in [4.78, 5) is 1.22. The lowest BCUT2D eigenvalue weighted by Gasteiger charge is -2.22. The first-order valence-electron chi connectivity index (χ1n) is 5.88. The first-order chi connectivity index (χ1) is 7.75. The normalized spacial score (nSPS) is 19.9. The van der Waals surface area contributed by atoms with E-state index in [1.807, 2.05) is 17.8 Å². The van der Waals surface area contributed by atoms with E-state index in [1.54, 1.807) is 11.3 Å². The van der Waals surface area contributed by atoms with E-state index in [4.69, 9.17) is 17.3 Å². The van der Waals surface area contributed by atoms with Crippen molar-refractivity contribution in [1.29, 1.82) is 0 Å². The molecule has 2 rings (SSSR count). The maximum Gasteiger partial charge on any atom is 0.0931 e. The lowest BCUT2D eigenvalue weighted by Crippen LogP contribution is -2.16. The number of hydrogen-bond donors (Lipinski definition) is 1. The standard InChI is InChI=1S/C12H18ClNS2/c13-12-7-6-11(16-12)10(14)8-15-9-4-2-1-3-5-9/h6-7,9-10H,1-5,8,14H2. The summed E-state index contributed by atoms with van der Waals surface area (Å²) in [5, 5.41) is 0.843. The van der Waals surface area contributed by atoms with E-state index in [-0.39, 0.29) is 6.04 Å². The second kappa shape index (κ2) is 6.29. The number of nitrogens with two attached hydrogens (primary N) is 1. The molecule has 1 nitrogen and oxygen atoms in total. The zero-order valence-corrected chi connectivity index (χ0v) is 11.7. The number of rotatable bonds is 4. The summed E-state index contributed by atoms with van der Waals surface area (Å²) in [6, 6.07) is 4.15. The zero-order chi connectivity index (χ0) is 11.4. The van der Waals surface area contributed by atoms with E-state index in [1.165, 1.54) is 37.0 Å². The topological polar surface area (TPSA) is 26.0 Å². The largest absolute Gasteiger partial charge is 0.323 e. The van der Waals surface area contributed by atoms with Crippen LogP contribution in [0.5, 0.6) is 0 Å². The zero-order valence-electron chi connectivity index (χ0n) is 9.32. The Bertz CT molecular complexity index is 321. The van der Waals surface area contributed by atoms with Gasteiger partial charge in [-0.15, -0.1) is 11.3 Å². The van der Waals surface area contributed by atoms with Gasteiger partial charge in [0.25, 0.3) is 0 Å². The van der Waals surface area contributed by atoms with Crippen molar-refractivity contribution in [3.63, 3.8) is 0 Å². The number of thioether (sulfide) groups is 1. The van der Waals surface area contributed by atoms with Crippen LogP contribution in [0.2, 0.25) is 4.34 Å². The van der Waals surface area contributed by atoms with Gasteiger partial charge in [0.2, 0.25) is 0 Å². The minimum atomic E-state index is 0.157. The Balaban J connectivity index is 1.76. The molecular formula is C12H18ClNS2. The molecule has 0 amide bonds. The third-order valence-electron chi connectivity index (χ3n) is 3.02. The molecule has 1 fully saturated rings. The van der Waals surface area contributed by atoms with Crippen LogP contribution in [0.4, 0.5) is 0 Å². The number of halogens is 1. The fourth-order valence-corrected chi connectivity index (χ4v) is 4.57. The van der Waals surface area contributed by atoms with Gasteiger partial charge in [-0.3, -0.25) is 0 Å². The van der Waals surface area contributed by atoms with Crippen molar-refractivity contribution in [2.45, 2.75) is 43.4 Å². The van der Waals surface area contributed by atoms with Gasteiger partial charge in [-0.05, 0) is 25.0 Å². The first-order valence-corrected chi connectivity index (χ1v) is 8.12. The Morgan fingerprint density at radius 1 is 1.38 bits per heavy atom. The van der Waals surface area contributed by atoms with E-state index in [0.29, 0.717) is 0 Å². The van der Waals surface area contributed by atoms with Crippen LogP contribution in [0.3, 0.4) is 0 Å². The molecule has 1 atom stereocenters. The van der Waals surface area contributed by atoms with Crippen molar-refractivity contribution in [2.75, 3.05) is 5.75 Å². The predicted molar refractivity (Wildman–Crippen MR) is 75.6 cm³/mol. The highest BCUT2D eigenvalue weighted by molar-refractivity contribution is 7.99. The smallest absolute Gasteiger partial charge is 0.0931 e. The Morgan fingerprint density at radius 2 is 2.12 bits per heavy atom. The lowest BCUT2D eigenvalue weighted by atomic mass is 10.0. The molecule has 4 heteroatoms. The van der Waals surface area contributed by atoms with E-state index in [0.717, 1.165) is 15.3 Å². The Hall–Kier alpha value is 0.300. The van der Waals surface area contributed by atoms with Crippen molar-refractivity contribution in [3.8, 4) is 0 Å². The van der Waals surface area contributed by atoms with Gasteiger partial charge in [0.1, 0.15) is 0 Å². The molecule has 1 unspecified atom stereocenters. The monoisotopic (exact) mass is 275 g/mol. The van der Waals surface area contributed by atoms with Crippen LogP contribution >= 0.6 is 34.7 Å². The van der Waals surface area contributed by atoms with Crippen LogP contribution in [-0.4, -0.2) is 11.0 Å². The van der Waals surface area contributed by atoms with Gasteiger partial charge in [0.05, 0.1) is 4.34 Å². The van der Waals surface area contributed by atoms with Crippen molar-refractivity contribution < 1.29 is 0 Å². The van der Waals surface area contributed by atoms with Crippen LogP contribution in [0.15, 0.2) is 12.1 Å². The van der Waals surface area contributed by atoms with Gasteiger partial charge in [0, 0.05) is 21.9 Å². The summed E-state index contributed by atoms with van der Waals surface area (Å²) in [5.74, 6) is 1.03. The number of thiophene rings is 1. The third kappa shape index (κ3) is 3.66. The van der Waals surface area contributed by atoms with Crippen LogP contribution in [0.25, 0.3) is 0 Å². The highest BCUT2D eigenvalue weighted by Crippen LogP contribution is 2.32. The predicted octanol–water partition coefficient (Wildman–Crippen LogP) is 4.47. The van der Waals surface area contributed by atoms with Gasteiger partial charge >= 0.3 is 0 Å². The molecule has 0 bridgehead atoms. The quantitative estimate of drug-likeness (QED) is 0.878. The molecule has 16 heavy (non-hydrogen) atoms. The second-order valence-corrected chi connectivity index (χ2v) is 7.42. The summed E-state index contributed by atoms with van der Waals surface area (Å²) in [6.45, 7) is 0. The molecule has 0 saturated heterocycles. The molecular weight excluding hydrogens is 258 g/mol. The first kappa shape index (κ1) is 12.7. The van der Waals surface area contributed by atoms with E-state index >= 15 is 0 Å². The average Bonchev–Trinajstić information content (AvgIpc) is 2.74. The summed E-state index contributed by atoms with van der Waals surface area (Å²) >= 11 is 9.57. The Kier molecular flexibility index (Phi) is 5.01. The highest BCUT2D eigenvalue weighted by atomic mass is 35.5. The van der Waals surface area contributed by atoms with Crippen molar-refractivity contribution >= 4 is 34.7 Å². The van der Waals surface area contributed by atoms with Gasteiger partial charge in [0.15, 0.2) is 0 Å². The average molecular weight is 276 g/mol. The van der Waals surface area contributed by atoms with Gasteiger partial charge in [-0.25, -0.2) is 0 Å². The summed E-state index contributed by atoms with van der Waals surface area (Å²) in [5.41, 5.74) is 6.16. The second-order valence-electron chi connectivity index (χ2n) is 4.34. The maximum absolute atomic E-state index is 6.16. The lowest BCUT2D eigenvalue weighted by molar-refractivity contribution is 0.515. The summed E-state index contributed by atoms with van der Waals surface area (Å²) in [6.07, 6.45) is 6.98. The Labute approximate surface area is 111 Å².